The van der Waals surface area contributed by atoms with Crippen molar-refractivity contribution in [2.24, 2.45) is 7.05 Å². The Labute approximate surface area is 147 Å². The van der Waals surface area contributed by atoms with Gasteiger partial charge in [0.25, 0.3) is 5.91 Å². The minimum Gasteiger partial charge on any atom is -0.449 e. The Bertz CT molecular complexity index is 804. The lowest BCUT2D eigenvalue weighted by Gasteiger charge is -2.12. The van der Waals surface area contributed by atoms with Crippen LogP contribution in [0.1, 0.15) is 29.4 Å². The van der Waals surface area contributed by atoms with Gasteiger partial charge in [0, 0.05) is 13.1 Å². The Morgan fingerprint density at radius 3 is 2.40 bits per heavy atom. The van der Waals surface area contributed by atoms with Gasteiger partial charge in [0.2, 0.25) is 0 Å². The van der Waals surface area contributed by atoms with Gasteiger partial charge in [0.15, 0.2) is 6.10 Å². The number of nitrogens with zero attached hydrogens (tertiary/aromatic N) is 2. The predicted molar refractivity (Wildman–Crippen MR) is 97.1 cm³/mol. The Morgan fingerprint density at radius 1 is 1.20 bits per heavy atom. The summed E-state index contributed by atoms with van der Waals surface area (Å²) in [5.41, 5.74) is 4.23. The van der Waals surface area contributed by atoms with E-state index in [0.29, 0.717) is 11.4 Å². The van der Waals surface area contributed by atoms with Crippen LogP contribution in [-0.4, -0.2) is 27.8 Å². The van der Waals surface area contributed by atoms with Crippen LogP contribution < -0.4 is 5.32 Å². The molecule has 0 saturated carbocycles. The summed E-state index contributed by atoms with van der Waals surface area (Å²) in [6.07, 6.45) is 2.06. The van der Waals surface area contributed by atoms with E-state index >= 15 is 0 Å². The van der Waals surface area contributed by atoms with Crippen molar-refractivity contribution >= 4 is 23.6 Å². The second kappa shape index (κ2) is 7.79. The highest BCUT2D eigenvalue weighted by molar-refractivity contribution is 5.97. The van der Waals surface area contributed by atoms with Crippen LogP contribution in [0.25, 0.3) is 6.08 Å². The first kappa shape index (κ1) is 18.4. The minimum atomic E-state index is -0.908. The van der Waals surface area contributed by atoms with E-state index in [9.17, 15) is 9.59 Å². The van der Waals surface area contributed by atoms with E-state index in [0.717, 1.165) is 16.8 Å². The van der Waals surface area contributed by atoms with Crippen molar-refractivity contribution in [2.45, 2.75) is 33.8 Å². The fraction of sp³-hybridized carbons (Fsp3) is 0.316. The van der Waals surface area contributed by atoms with Crippen LogP contribution in [-0.2, 0) is 21.4 Å². The molecule has 1 atom stereocenters. The summed E-state index contributed by atoms with van der Waals surface area (Å²) < 4.78 is 6.84. The fourth-order valence-electron chi connectivity index (χ4n) is 2.29. The summed E-state index contributed by atoms with van der Waals surface area (Å²) in [4.78, 5) is 24.1. The quantitative estimate of drug-likeness (QED) is 0.670. The van der Waals surface area contributed by atoms with Crippen LogP contribution in [0.3, 0.4) is 0 Å². The molecule has 0 unspecified atom stereocenters. The van der Waals surface area contributed by atoms with E-state index in [-0.39, 0.29) is 0 Å². The molecule has 0 spiro atoms. The largest absolute Gasteiger partial charge is 0.449 e. The van der Waals surface area contributed by atoms with Crippen LogP contribution in [0.4, 0.5) is 5.69 Å². The molecule has 1 heterocycles. The molecule has 132 valence electrons. The Hall–Kier alpha value is -2.89. The van der Waals surface area contributed by atoms with Gasteiger partial charge < -0.3 is 10.1 Å². The number of nitrogens with one attached hydrogen (secondary N) is 1. The van der Waals surface area contributed by atoms with Gasteiger partial charge in [-0.05, 0) is 39.3 Å². The van der Waals surface area contributed by atoms with Gasteiger partial charge in [-0.15, -0.1) is 0 Å². The van der Waals surface area contributed by atoms with Crippen molar-refractivity contribution < 1.29 is 14.3 Å². The van der Waals surface area contributed by atoms with E-state index in [1.807, 2.05) is 45.0 Å². The molecule has 6 heteroatoms. The zero-order chi connectivity index (χ0) is 18.6. The first-order valence-electron chi connectivity index (χ1n) is 8.04. The number of anilines is 1. The highest BCUT2D eigenvalue weighted by Crippen LogP contribution is 2.18. The van der Waals surface area contributed by atoms with E-state index in [1.54, 1.807) is 17.8 Å². The number of carbonyl (C=O) groups is 2. The maximum atomic E-state index is 12.2. The van der Waals surface area contributed by atoms with Crippen molar-refractivity contribution in [2.75, 3.05) is 5.32 Å². The van der Waals surface area contributed by atoms with Crippen LogP contribution in [0.2, 0.25) is 0 Å². The van der Waals surface area contributed by atoms with Gasteiger partial charge >= 0.3 is 5.97 Å². The molecule has 1 amide bonds. The molecule has 6 nitrogen and oxygen atoms in total. The molecule has 0 aliphatic heterocycles. The van der Waals surface area contributed by atoms with Crippen molar-refractivity contribution in [3.63, 3.8) is 0 Å². The molecular weight excluding hydrogens is 318 g/mol. The molecule has 0 aliphatic carbocycles. The van der Waals surface area contributed by atoms with Crippen LogP contribution in [0.15, 0.2) is 30.3 Å². The highest BCUT2D eigenvalue weighted by Gasteiger charge is 2.20. The van der Waals surface area contributed by atoms with Gasteiger partial charge in [-0.2, -0.15) is 5.10 Å². The molecule has 2 rings (SSSR count). The SMILES string of the molecule is Cc1ccc(/C=C/C(=O)O[C@H](C)C(=O)Nc2c(C)nn(C)c2C)cc1. The monoisotopic (exact) mass is 341 g/mol. The summed E-state index contributed by atoms with van der Waals surface area (Å²) in [7, 11) is 1.80. The first-order chi connectivity index (χ1) is 11.8. The maximum absolute atomic E-state index is 12.2. The number of benzene rings is 1. The summed E-state index contributed by atoms with van der Waals surface area (Å²) >= 11 is 0. The molecule has 1 N–H and O–H groups in total. The predicted octanol–water partition coefficient (Wildman–Crippen LogP) is 2.93. The Morgan fingerprint density at radius 2 is 1.84 bits per heavy atom. The Balaban J connectivity index is 1.93. The Kier molecular flexibility index (Phi) is 5.75. The lowest BCUT2D eigenvalue weighted by Crippen LogP contribution is -2.29. The second-order valence-electron chi connectivity index (χ2n) is 5.98. The van der Waals surface area contributed by atoms with E-state index in [4.69, 9.17) is 4.74 Å². The number of aryl methyl sites for hydroxylation is 3. The zero-order valence-electron chi connectivity index (χ0n) is 15.2. The molecule has 0 radical (unpaired) electrons. The summed E-state index contributed by atoms with van der Waals surface area (Å²) in [6, 6.07) is 7.73. The van der Waals surface area contributed by atoms with Gasteiger partial charge in [-0.1, -0.05) is 29.8 Å². The van der Waals surface area contributed by atoms with Crippen molar-refractivity contribution in [3.05, 3.63) is 52.9 Å². The summed E-state index contributed by atoms with van der Waals surface area (Å²) in [5, 5.41) is 7.00. The smallest absolute Gasteiger partial charge is 0.331 e. The molecule has 1 aromatic heterocycles. The number of ether oxygens (including phenoxy) is 1. The average Bonchev–Trinajstić information content (AvgIpc) is 2.80. The third-order valence-corrected chi connectivity index (χ3v) is 3.91. The van der Waals surface area contributed by atoms with Gasteiger partial charge in [0.05, 0.1) is 17.1 Å². The first-order valence-corrected chi connectivity index (χ1v) is 8.04. The number of hydrogen-bond donors (Lipinski definition) is 1. The normalized spacial score (nSPS) is 12.2. The summed E-state index contributed by atoms with van der Waals surface area (Å²) in [6.45, 7) is 7.20. The lowest BCUT2D eigenvalue weighted by molar-refractivity contribution is -0.148. The molecule has 2 aromatic rings. The summed E-state index contributed by atoms with van der Waals surface area (Å²) in [5.74, 6) is -0.959. The van der Waals surface area contributed by atoms with Gasteiger partial charge in [0.1, 0.15) is 0 Å². The molecule has 0 fully saturated rings. The third-order valence-electron chi connectivity index (χ3n) is 3.91. The number of esters is 1. The van der Waals surface area contributed by atoms with Crippen LogP contribution >= 0.6 is 0 Å². The highest BCUT2D eigenvalue weighted by atomic mass is 16.5. The van der Waals surface area contributed by atoms with Gasteiger partial charge in [-0.3, -0.25) is 9.48 Å². The number of rotatable bonds is 5. The molecule has 1 aromatic carbocycles. The van der Waals surface area contributed by atoms with Crippen molar-refractivity contribution in [3.8, 4) is 0 Å². The number of hydrogen-bond acceptors (Lipinski definition) is 4. The molecule has 25 heavy (non-hydrogen) atoms. The third kappa shape index (κ3) is 4.79. The maximum Gasteiger partial charge on any atom is 0.331 e. The van der Waals surface area contributed by atoms with Gasteiger partial charge in [-0.25, -0.2) is 4.79 Å². The minimum absolute atomic E-state index is 0.392. The van der Waals surface area contributed by atoms with E-state index < -0.39 is 18.0 Å². The number of amides is 1. The molecule has 0 aliphatic rings. The number of aromatic nitrogens is 2. The standard InChI is InChI=1S/C19H23N3O3/c1-12-6-8-16(9-7-12)10-11-17(23)25-15(4)19(24)20-18-13(2)21-22(5)14(18)3/h6-11,15H,1-5H3,(H,20,24)/b11-10+/t15-/m1/s1. The molecule has 0 bridgehead atoms. The van der Waals surface area contributed by atoms with E-state index in [1.165, 1.54) is 13.0 Å². The average molecular weight is 341 g/mol. The topological polar surface area (TPSA) is 73.2 Å². The van der Waals surface area contributed by atoms with E-state index in [2.05, 4.69) is 10.4 Å². The number of carbonyl (C=O) groups excluding carboxylic acids is 2. The van der Waals surface area contributed by atoms with Crippen LogP contribution in [0.5, 0.6) is 0 Å². The van der Waals surface area contributed by atoms with Crippen molar-refractivity contribution in [1.29, 1.82) is 0 Å². The van der Waals surface area contributed by atoms with Crippen LogP contribution in [0, 0.1) is 20.8 Å². The lowest BCUT2D eigenvalue weighted by atomic mass is 10.1. The zero-order valence-corrected chi connectivity index (χ0v) is 15.2. The molecule has 0 saturated heterocycles. The van der Waals surface area contributed by atoms with Crippen molar-refractivity contribution in [1.82, 2.24) is 9.78 Å². The fourth-order valence-corrected chi connectivity index (χ4v) is 2.29. The molecular formula is C19H23N3O3. The second-order valence-corrected chi connectivity index (χ2v) is 5.98.